The zero-order valence-electron chi connectivity index (χ0n) is 7.87. The van der Waals surface area contributed by atoms with Gasteiger partial charge in [0, 0.05) is 12.4 Å². The smallest absolute Gasteiger partial charge is 0.475 e. The standard InChI is InChI=1S/C4H4N2O2.H4O7P2/c7-4(8)3-5-1-2-6-3;1-8(2,3)7-9(4,5)6/h1-2H,(H,5,6)(H,7,8);(H2,1,2,3)(H2,4,5,6). The number of carboxylic acid groups (broad SMARTS) is 1. The average Bonchev–Trinajstić information content (AvgIpc) is 2.47. The Balaban J connectivity index is 0.000000302. The van der Waals surface area contributed by atoms with Crippen LogP contribution in [0.5, 0.6) is 0 Å². The zero-order valence-corrected chi connectivity index (χ0v) is 9.65. The molecule has 98 valence electrons. The van der Waals surface area contributed by atoms with Gasteiger partial charge in [-0.05, 0) is 0 Å². The first-order chi connectivity index (χ1) is 7.51. The van der Waals surface area contributed by atoms with E-state index in [9.17, 15) is 13.9 Å². The molecule has 11 nitrogen and oxygen atoms in total. The number of nitrogens with zero attached hydrogens (tertiary/aromatic N) is 1. The van der Waals surface area contributed by atoms with Crippen LogP contribution in [0.4, 0.5) is 0 Å². The quantitative estimate of drug-likeness (QED) is 0.388. The van der Waals surface area contributed by atoms with Gasteiger partial charge in [0.05, 0.1) is 0 Å². The molecule has 0 atom stereocenters. The van der Waals surface area contributed by atoms with Crippen LogP contribution in [0.2, 0.25) is 0 Å². The molecule has 0 amide bonds. The largest absolute Gasteiger partial charge is 0.478 e. The van der Waals surface area contributed by atoms with E-state index in [-0.39, 0.29) is 5.82 Å². The first-order valence-electron chi connectivity index (χ1n) is 3.56. The molecule has 0 fully saturated rings. The fourth-order valence-electron chi connectivity index (χ4n) is 0.521. The summed E-state index contributed by atoms with van der Waals surface area (Å²) in [5.41, 5.74) is 0. The highest BCUT2D eigenvalue weighted by Gasteiger charge is 2.27. The molecule has 0 spiro atoms. The molecular formula is C4H8N2O9P2. The minimum atomic E-state index is -5.05. The zero-order chi connectivity index (χ0) is 13.7. The third-order valence-corrected chi connectivity index (χ3v) is 2.62. The molecule has 1 heterocycles. The fraction of sp³-hybridized carbons (Fsp3) is 0. The van der Waals surface area contributed by atoms with Gasteiger partial charge in [-0.2, -0.15) is 4.31 Å². The molecule has 0 saturated heterocycles. The SMILES string of the molecule is O=C(O)c1ncc[nH]1.O=P(O)(O)OP(=O)(O)O. The molecule has 0 aliphatic rings. The van der Waals surface area contributed by atoms with E-state index in [0.717, 1.165) is 0 Å². The first kappa shape index (κ1) is 15.9. The summed E-state index contributed by atoms with van der Waals surface area (Å²) in [6.07, 6.45) is 2.85. The lowest BCUT2D eigenvalue weighted by atomic mass is 10.7. The predicted octanol–water partition coefficient (Wildman–Crippen LogP) is -0.704. The Morgan fingerprint density at radius 2 is 1.71 bits per heavy atom. The lowest BCUT2D eigenvalue weighted by Crippen LogP contribution is -1.97. The highest BCUT2D eigenvalue weighted by atomic mass is 31.3. The van der Waals surface area contributed by atoms with Gasteiger partial charge in [-0.25, -0.2) is 18.9 Å². The molecule has 6 N–H and O–H groups in total. The van der Waals surface area contributed by atoms with Gasteiger partial charge in [0.2, 0.25) is 5.82 Å². The maximum atomic E-state index is 9.97. The Kier molecular flexibility index (Phi) is 5.66. The Morgan fingerprint density at radius 1 is 1.24 bits per heavy atom. The summed E-state index contributed by atoms with van der Waals surface area (Å²) < 4.78 is 22.2. The van der Waals surface area contributed by atoms with Gasteiger partial charge in [-0.15, -0.1) is 0 Å². The molecule has 1 rings (SSSR count). The molecule has 0 saturated carbocycles. The second-order valence-corrected chi connectivity index (χ2v) is 4.92. The van der Waals surface area contributed by atoms with E-state index in [1.165, 1.54) is 12.4 Å². The number of imidazole rings is 1. The van der Waals surface area contributed by atoms with Crippen LogP contribution in [-0.2, 0) is 13.4 Å². The number of aromatic amines is 1. The Labute approximate surface area is 93.6 Å². The maximum Gasteiger partial charge on any atom is 0.478 e. The van der Waals surface area contributed by atoms with E-state index in [0.29, 0.717) is 0 Å². The lowest BCUT2D eigenvalue weighted by molar-refractivity contribution is 0.0684. The maximum absolute atomic E-state index is 9.97. The number of rotatable bonds is 3. The number of phosphoric acid groups is 2. The van der Waals surface area contributed by atoms with Crippen molar-refractivity contribution in [2.45, 2.75) is 0 Å². The molecule has 0 radical (unpaired) electrons. The van der Waals surface area contributed by atoms with Crippen molar-refractivity contribution in [3.63, 3.8) is 0 Å². The van der Waals surface area contributed by atoms with Crippen LogP contribution in [0.3, 0.4) is 0 Å². The minimum Gasteiger partial charge on any atom is -0.475 e. The van der Waals surface area contributed by atoms with E-state index < -0.39 is 21.6 Å². The summed E-state index contributed by atoms with van der Waals surface area (Å²) in [5, 5.41) is 8.18. The summed E-state index contributed by atoms with van der Waals surface area (Å²) >= 11 is 0. The number of hydrogen-bond donors (Lipinski definition) is 6. The van der Waals surface area contributed by atoms with Gasteiger partial charge in [0.15, 0.2) is 0 Å². The summed E-state index contributed by atoms with van der Waals surface area (Å²) in [6, 6.07) is 0. The van der Waals surface area contributed by atoms with Gasteiger partial charge < -0.3 is 29.7 Å². The average molecular weight is 290 g/mol. The molecule has 0 aromatic carbocycles. The monoisotopic (exact) mass is 290 g/mol. The third kappa shape index (κ3) is 9.85. The van der Waals surface area contributed by atoms with E-state index >= 15 is 0 Å². The molecule has 0 unspecified atom stereocenters. The predicted molar refractivity (Wildman–Crippen MR) is 50.7 cm³/mol. The molecule has 1 aromatic rings. The molecule has 0 aliphatic heterocycles. The second kappa shape index (κ2) is 6.03. The molecule has 17 heavy (non-hydrogen) atoms. The van der Waals surface area contributed by atoms with Crippen molar-refractivity contribution in [2.24, 2.45) is 0 Å². The Bertz CT molecular complexity index is 424. The van der Waals surface area contributed by atoms with Crippen LogP contribution in [-0.4, -0.2) is 40.6 Å². The second-order valence-electron chi connectivity index (χ2n) is 2.31. The number of carbonyl (C=O) groups is 1. The fourth-order valence-corrected chi connectivity index (χ4v) is 1.63. The minimum absolute atomic E-state index is 0.0231. The van der Waals surface area contributed by atoms with Gasteiger partial charge >= 0.3 is 21.6 Å². The summed E-state index contributed by atoms with van der Waals surface area (Å²) in [7, 11) is -10.1. The lowest BCUT2D eigenvalue weighted by Gasteiger charge is -2.03. The normalized spacial score (nSPS) is 11.5. The molecule has 13 heteroatoms. The van der Waals surface area contributed by atoms with Crippen LogP contribution in [0, 0.1) is 0 Å². The van der Waals surface area contributed by atoms with Crippen molar-refractivity contribution in [3.05, 3.63) is 18.2 Å². The third-order valence-electron chi connectivity index (χ3n) is 0.914. The molecule has 1 aromatic heterocycles. The van der Waals surface area contributed by atoms with Crippen molar-refractivity contribution in [2.75, 3.05) is 0 Å². The molecule has 0 bridgehead atoms. The van der Waals surface area contributed by atoms with E-state index in [4.69, 9.17) is 24.7 Å². The number of hydrogen-bond acceptors (Lipinski definition) is 5. The van der Waals surface area contributed by atoms with Crippen molar-refractivity contribution in [1.29, 1.82) is 0 Å². The number of nitrogens with one attached hydrogen (secondary N) is 1. The van der Waals surface area contributed by atoms with Crippen LogP contribution < -0.4 is 0 Å². The summed E-state index contributed by atoms with van der Waals surface area (Å²) in [6.45, 7) is 0. The van der Waals surface area contributed by atoms with Crippen molar-refractivity contribution < 1.29 is 42.9 Å². The number of H-pyrrole nitrogens is 1. The van der Waals surface area contributed by atoms with E-state index in [1.807, 2.05) is 0 Å². The van der Waals surface area contributed by atoms with Gasteiger partial charge in [-0.3, -0.25) is 0 Å². The van der Waals surface area contributed by atoms with Gasteiger partial charge in [0.1, 0.15) is 0 Å². The van der Waals surface area contributed by atoms with Gasteiger partial charge in [-0.1, -0.05) is 0 Å². The molecular weight excluding hydrogens is 282 g/mol. The topological polar surface area (TPSA) is 190 Å². The van der Waals surface area contributed by atoms with Crippen molar-refractivity contribution in [1.82, 2.24) is 9.97 Å². The van der Waals surface area contributed by atoms with Gasteiger partial charge in [0.25, 0.3) is 0 Å². The van der Waals surface area contributed by atoms with Crippen LogP contribution in [0.15, 0.2) is 12.4 Å². The number of carboxylic acids is 1. The Morgan fingerprint density at radius 3 is 1.82 bits per heavy atom. The highest BCUT2D eigenvalue weighted by Crippen LogP contribution is 2.53. The summed E-state index contributed by atoms with van der Waals surface area (Å²) in [5.74, 6) is -1.06. The van der Waals surface area contributed by atoms with Crippen molar-refractivity contribution >= 4 is 21.6 Å². The first-order valence-corrected chi connectivity index (χ1v) is 6.62. The highest BCUT2D eigenvalue weighted by molar-refractivity contribution is 7.60. The molecule has 0 aliphatic carbocycles. The Hall–Kier alpha value is -1.06. The van der Waals surface area contributed by atoms with Crippen LogP contribution in [0.25, 0.3) is 0 Å². The summed E-state index contributed by atoms with van der Waals surface area (Å²) in [4.78, 5) is 46.9. The number of aromatic nitrogens is 2. The van der Waals surface area contributed by atoms with Crippen LogP contribution >= 0.6 is 15.6 Å². The van der Waals surface area contributed by atoms with Crippen LogP contribution in [0.1, 0.15) is 10.6 Å². The van der Waals surface area contributed by atoms with E-state index in [2.05, 4.69) is 14.3 Å². The van der Waals surface area contributed by atoms with E-state index in [1.54, 1.807) is 0 Å². The van der Waals surface area contributed by atoms with Crippen molar-refractivity contribution in [3.8, 4) is 0 Å². The number of aromatic carboxylic acids is 1.